The Hall–Kier alpha value is -1.56. The number of carbonyl (C=O) groups excluding carboxylic acids is 1. The number of thioether (sulfide) groups is 1. The minimum atomic E-state index is -0.314. The number of fused-ring (bicyclic) bond motifs is 1. The molecule has 0 aliphatic carbocycles. The van der Waals surface area contributed by atoms with Gasteiger partial charge in [-0.05, 0) is 25.0 Å². The van der Waals surface area contributed by atoms with Crippen LogP contribution in [0.25, 0.3) is 11.1 Å². The number of anilines is 1. The van der Waals surface area contributed by atoms with Gasteiger partial charge in [0.15, 0.2) is 10.7 Å². The van der Waals surface area contributed by atoms with E-state index in [0.717, 1.165) is 38.0 Å². The number of hydrogen-bond donors (Lipinski definition) is 1. The molecule has 0 spiro atoms. The van der Waals surface area contributed by atoms with Crippen LogP contribution in [0, 0.1) is 5.82 Å². The lowest BCUT2D eigenvalue weighted by molar-refractivity contribution is -0.109. The van der Waals surface area contributed by atoms with Gasteiger partial charge < -0.3 is 9.73 Å². The number of aromatic nitrogens is 1. The SMILES string of the molecule is CC(=O)SCCCCCCNc1nc2cc(F)ccc2o1. The highest BCUT2D eigenvalue weighted by atomic mass is 32.2. The molecular formula is C15H19FN2O2S. The van der Waals surface area contributed by atoms with Crippen molar-refractivity contribution in [2.45, 2.75) is 32.6 Å². The van der Waals surface area contributed by atoms with Crippen LogP contribution in [-0.2, 0) is 4.79 Å². The van der Waals surface area contributed by atoms with Crippen LogP contribution in [0.3, 0.4) is 0 Å². The largest absolute Gasteiger partial charge is 0.424 e. The van der Waals surface area contributed by atoms with Crippen molar-refractivity contribution in [3.63, 3.8) is 0 Å². The fourth-order valence-electron chi connectivity index (χ4n) is 1.97. The number of nitrogens with one attached hydrogen (secondary N) is 1. The second kappa shape index (κ2) is 8.02. The molecule has 0 atom stereocenters. The maximum Gasteiger partial charge on any atom is 0.295 e. The Labute approximate surface area is 127 Å². The summed E-state index contributed by atoms with van der Waals surface area (Å²) in [7, 11) is 0. The molecule has 0 aliphatic rings. The summed E-state index contributed by atoms with van der Waals surface area (Å²) in [4.78, 5) is 14.9. The van der Waals surface area contributed by atoms with Gasteiger partial charge in [0.05, 0.1) is 0 Å². The standard InChI is InChI=1S/C15H19FN2O2S/c1-11(19)21-9-5-3-2-4-8-17-15-18-13-10-12(16)6-7-14(13)20-15/h6-7,10H,2-5,8-9H2,1H3,(H,17,18). The molecule has 2 aromatic rings. The van der Waals surface area contributed by atoms with E-state index in [1.54, 1.807) is 13.0 Å². The van der Waals surface area contributed by atoms with E-state index in [4.69, 9.17) is 4.42 Å². The van der Waals surface area contributed by atoms with E-state index in [1.165, 1.54) is 23.9 Å². The van der Waals surface area contributed by atoms with Crippen LogP contribution in [0.1, 0.15) is 32.6 Å². The van der Waals surface area contributed by atoms with Crippen LogP contribution in [0.5, 0.6) is 0 Å². The molecular weight excluding hydrogens is 291 g/mol. The summed E-state index contributed by atoms with van der Waals surface area (Å²) in [5, 5.41) is 3.29. The topological polar surface area (TPSA) is 55.1 Å². The van der Waals surface area contributed by atoms with Crippen LogP contribution in [-0.4, -0.2) is 22.4 Å². The molecule has 2 rings (SSSR count). The second-order valence-corrected chi connectivity index (χ2v) is 6.08. The summed E-state index contributed by atoms with van der Waals surface area (Å²) in [6.07, 6.45) is 4.28. The van der Waals surface area contributed by atoms with E-state index in [0.29, 0.717) is 17.1 Å². The van der Waals surface area contributed by atoms with Crippen molar-refractivity contribution in [1.29, 1.82) is 0 Å². The maximum atomic E-state index is 13.0. The molecule has 0 bridgehead atoms. The van der Waals surface area contributed by atoms with Crippen LogP contribution in [0.2, 0.25) is 0 Å². The van der Waals surface area contributed by atoms with Crippen molar-refractivity contribution in [3.8, 4) is 0 Å². The fourth-order valence-corrected chi connectivity index (χ4v) is 2.60. The van der Waals surface area contributed by atoms with Crippen LogP contribution < -0.4 is 5.32 Å². The molecule has 4 nitrogen and oxygen atoms in total. The number of hydrogen-bond acceptors (Lipinski definition) is 5. The van der Waals surface area contributed by atoms with Crippen molar-refractivity contribution in [2.24, 2.45) is 0 Å². The molecule has 0 amide bonds. The zero-order chi connectivity index (χ0) is 15.1. The minimum absolute atomic E-state index is 0.184. The van der Waals surface area contributed by atoms with Gasteiger partial charge in [-0.2, -0.15) is 4.98 Å². The normalized spacial score (nSPS) is 11.0. The average molecular weight is 310 g/mol. The summed E-state index contributed by atoms with van der Waals surface area (Å²) >= 11 is 1.39. The molecule has 1 aromatic carbocycles. The Kier molecular flexibility index (Phi) is 6.04. The number of nitrogens with zero attached hydrogens (tertiary/aromatic N) is 1. The van der Waals surface area contributed by atoms with E-state index in [-0.39, 0.29) is 10.9 Å². The Morgan fingerprint density at radius 3 is 2.95 bits per heavy atom. The Bertz CT molecular complexity index is 600. The fraction of sp³-hybridized carbons (Fsp3) is 0.467. The van der Waals surface area contributed by atoms with Crippen LogP contribution in [0.4, 0.5) is 10.4 Å². The highest BCUT2D eigenvalue weighted by Crippen LogP contribution is 2.19. The third kappa shape index (κ3) is 5.38. The van der Waals surface area contributed by atoms with Gasteiger partial charge in [-0.25, -0.2) is 4.39 Å². The number of unbranched alkanes of at least 4 members (excludes halogenated alkanes) is 3. The quantitative estimate of drug-likeness (QED) is 0.740. The molecule has 0 fully saturated rings. The average Bonchev–Trinajstić information content (AvgIpc) is 2.83. The van der Waals surface area contributed by atoms with Gasteiger partial charge in [0.1, 0.15) is 11.3 Å². The third-order valence-electron chi connectivity index (χ3n) is 3.00. The highest BCUT2D eigenvalue weighted by Gasteiger charge is 2.05. The van der Waals surface area contributed by atoms with Gasteiger partial charge in [-0.1, -0.05) is 24.6 Å². The van der Waals surface area contributed by atoms with Crippen LogP contribution >= 0.6 is 11.8 Å². The Balaban J connectivity index is 1.63. The first kappa shape index (κ1) is 15.8. The smallest absolute Gasteiger partial charge is 0.295 e. The molecule has 0 saturated heterocycles. The maximum absolute atomic E-state index is 13.0. The predicted octanol–water partition coefficient (Wildman–Crippen LogP) is 4.22. The first-order chi connectivity index (χ1) is 10.1. The summed E-state index contributed by atoms with van der Waals surface area (Å²) in [6.45, 7) is 2.37. The van der Waals surface area contributed by atoms with Gasteiger partial charge in [0.2, 0.25) is 0 Å². The van der Waals surface area contributed by atoms with Crippen molar-refractivity contribution in [1.82, 2.24) is 4.98 Å². The van der Waals surface area contributed by atoms with Gasteiger partial charge in [-0.3, -0.25) is 4.79 Å². The predicted molar refractivity (Wildman–Crippen MR) is 84.1 cm³/mol. The first-order valence-electron chi connectivity index (χ1n) is 7.08. The summed E-state index contributed by atoms with van der Waals surface area (Å²) in [6, 6.07) is 4.73. The Morgan fingerprint density at radius 2 is 2.14 bits per heavy atom. The molecule has 0 saturated carbocycles. The molecule has 0 radical (unpaired) electrons. The number of benzene rings is 1. The number of rotatable bonds is 8. The van der Waals surface area contributed by atoms with E-state index in [9.17, 15) is 9.18 Å². The molecule has 1 N–H and O–H groups in total. The molecule has 0 aliphatic heterocycles. The molecule has 6 heteroatoms. The van der Waals surface area contributed by atoms with Crippen LogP contribution in [0.15, 0.2) is 22.6 Å². The molecule has 0 unspecified atom stereocenters. The number of halogens is 1. The highest BCUT2D eigenvalue weighted by molar-refractivity contribution is 8.13. The molecule has 1 heterocycles. The molecule has 1 aromatic heterocycles. The van der Waals surface area contributed by atoms with Gasteiger partial charge >= 0.3 is 0 Å². The third-order valence-corrected chi connectivity index (χ3v) is 3.90. The molecule has 114 valence electrons. The molecule has 21 heavy (non-hydrogen) atoms. The lowest BCUT2D eigenvalue weighted by Crippen LogP contribution is -2.01. The monoisotopic (exact) mass is 310 g/mol. The van der Waals surface area contributed by atoms with E-state index >= 15 is 0 Å². The lowest BCUT2D eigenvalue weighted by Gasteiger charge is -2.01. The van der Waals surface area contributed by atoms with Gasteiger partial charge in [-0.15, -0.1) is 0 Å². The summed E-state index contributed by atoms with van der Waals surface area (Å²) < 4.78 is 18.5. The zero-order valence-electron chi connectivity index (χ0n) is 12.0. The Morgan fingerprint density at radius 1 is 1.33 bits per heavy atom. The number of carbonyl (C=O) groups is 1. The van der Waals surface area contributed by atoms with Crippen molar-refractivity contribution < 1.29 is 13.6 Å². The van der Waals surface area contributed by atoms with E-state index in [1.807, 2.05) is 0 Å². The zero-order valence-corrected chi connectivity index (χ0v) is 12.8. The van der Waals surface area contributed by atoms with E-state index in [2.05, 4.69) is 10.3 Å². The number of oxazole rings is 1. The lowest BCUT2D eigenvalue weighted by atomic mass is 10.2. The van der Waals surface area contributed by atoms with Crippen molar-refractivity contribution in [2.75, 3.05) is 17.6 Å². The van der Waals surface area contributed by atoms with Crippen molar-refractivity contribution >= 4 is 34.0 Å². The summed E-state index contributed by atoms with van der Waals surface area (Å²) in [5.74, 6) is 0.588. The van der Waals surface area contributed by atoms with Gasteiger partial charge in [0.25, 0.3) is 6.01 Å². The first-order valence-corrected chi connectivity index (χ1v) is 8.07. The second-order valence-electron chi connectivity index (χ2n) is 4.81. The minimum Gasteiger partial charge on any atom is -0.424 e. The van der Waals surface area contributed by atoms with Crippen molar-refractivity contribution in [3.05, 3.63) is 24.0 Å². The summed E-state index contributed by atoms with van der Waals surface area (Å²) in [5.41, 5.74) is 1.11. The van der Waals surface area contributed by atoms with E-state index < -0.39 is 0 Å². The van der Waals surface area contributed by atoms with Gasteiger partial charge in [0, 0.05) is 25.3 Å².